The minimum Gasteiger partial charge on any atom is -0.493 e. The van der Waals surface area contributed by atoms with Gasteiger partial charge in [-0.1, -0.05) is 24.3 Å². The molecule has 0 aliphatic carbocycles. The van der Waals surface area contributed by atoms with Crippen molar-refractivity contribution in [2.75, 3.05) is 7.11 Å². The van der Waals surface area contributed by atoms with Crippen molar-refractivity contribution in [2.45, 2.75) is 6.04 Å². The molecule has 0 aliphatic heterocycles. The molecule has 0 saturated heterocycles. The van der Waals surface area contributed by atoms with Gasteiger partial charge in [0, 0.05) is 31.0 Å². The quantitative estimate of drug-likeness (QED) is 0.401. The molecule has 9 nitrogen and oxygen atoms in total. The summed E-state index contributed by atoms with van der Waals surface area (Å²) in [5, 5.41) is 17.7. The Morgan fingerprint density at radius 3 is 2.39 bits per heavy atom. The molecule has 168 valence electrons. The minimum atomic E-state index is -2.35. The summed E-state index contributed by atoms with van der Waals surface area (Å²) in [6.07, 6.45) is 4.33. The van der Waals surface area contributed by atoms with Crippen molar-refractivity contribution in [3.8, 4) is 11.8 Å². The molecule has 0 fully saturated rings. The smallest absolute Gasteiger partial charge is 0.259 e. The Kier molecular flexibility index (Phi) is 6.58. The molecule has 1 amide bonds. The molecule has 0 aliphatic rings. The summed E-state index contributed by atoms with van der Waals surface area (Å²) in [6, 6.07) is 13.3. The van der Waals surface area contributed by atoms with E-state index in [0.717, 1.165) is 0 Å². The Hall–Kier alpha value is -3.88. The topological polar surface area (TPSA) is 119 Å². The molecule has 0 bridgehead atoms. The van der Waals surface area contributed by atoms with E-state index in [-0.39, 0.29) is 11.5 Å². The molecule has 0 radical (unpaired) electrons. The van der Waals surface area contributed by atoms with E-state index in [9.17, 15) is 18.9 Å². The number of halogens is 1. The van der Waals surface area contributed by atoms with E-state index in [1.165, 1.54) is 36.3 Å². The Balaban J connectivity index is 1.64. The average molecular weight is 467 g/mol. The lowest BCUT2D eigenvalue weighted by Gasteiger charge is -2.20. The van der Waals surface area contributed by atoms with Gasteiger partial charge in [-0.25, -0.2) is 14.1 Å². The van der Waals surface area contributed by atoms with Crippen LogP contribution in [0.1, 0.15) is 27.5 Å². The molecule has 2 unspecified atom stereocenters. The Bertz CT molecular complexity index is 1280. The van der Waals surface area contributed by atoms with Crippen molar-refractivity contribution in [1.82, 2.24) is 25.1 Å². The SMILES string of the molecule is CO[PH](=O)c1ccc(C(NC(=O)c2cnc(-n3cccn3)nc2O)c2ccc(F)cc2)cc1. The van der Waals surface area contributed by atoms with Gasteiger partial charge < -0.3 is 14.9 Å². The van der Waals surface area contributed by atoms with Crippen LogP contribution >= 0.6 is 8.03 Å². The fourth-order valence-electron chi connectivity index (χ4n) is 3.17. The molecular weight excluding hydrogens is 448 g/mol. The van der Waals surface area contributed by atoms with Gasteiger partial charge in [0.05, 0.1) is 6.04 Å². The van der Waals surface area contributed by atoms with Crippen LogP contribution in [-0.4, -0.2) is 37.9 Å². The van der Waals surface area contributed by atoms with Crippen LogP contribution in [0.15, 0.2) is 73.2 Å². The van der Waals surface area contributed by atoms with Crippen molar-refractivity contribution in [3.63, 3.8) is 0 Å². The van der Waals surface area contributed by atoms with Crippen LogP contribution in [0.25, 0.3) is 5.95 Å². The first kappa shape index (κ1) is 22.3. The molecule has 2 N–H and O–H groups in total. The molecule has 2 aromatic heterocycles. The number of nitrogens with zero attached hydrogens (tertiary/aromatic N) is 4. The molecule has 4 rings (SSSR count). The highest BCUT2D eigenvalue weighted by molar-refractivity contribution is 7.48. The normalized spacial score (nSPS) is 12.8. The van der Waals surface area contributed by atoms with Crippen molar-refractivity contribution >= 4 is 19.2 Å². The van der Waals surface area contributed by atoms with E-state index >= 15 is 0 Å². The highest BCUT2D eigenvalue weighted by atomic mass is 31.1. The second-order valence-electron chi connectivity index (χ2n) is 6.93. The lowest BCUT2D eigenvalue weighted by Crippen LogP contribution is -2.30. The van der Waals surface area contributed by atoms with Crippen molar-refractivity contribution in [3.05, 3.63) is 95.7 Å². The minimum absolute atomic E-state index is 0.105. The highest BCUT2D eigenvalue weighted by Crippen LogP contribution is 2.26. The summed E-state index contributed by atoms with van der Waals surface area (Å²) in [5.74, 6) is -1.46. The van der Waals surface area contributed by atoms with Crippen LogP contribution < -0.4 is 10.6 Å². The lowest BCUT2D eigenvalue weighted by atomic mass is 9.98. The van der Waals surface area contributed by atoms with Crippen LogP contribution in [0.3, 0.4) is 0 Å². The third-order valence-corrected chi connectivity index (χ3v) is 6.03. The van der Waals surface area contributed by atoms with Crippen LogP contribution in [0.4, 0.5) is 4.39 Å². The van der Waals surface area contributed by atoms with Crippen molar-refractivity contribution < 1.29 is 23.4 Å². The number of aromatic nitrogens is 4. The summed E-state index contributed by atoms with van der Waals surface area (Å²) < 4.78 is 31.6. The average Bonchev–Trinajstić information content (AvgIpc) is 3.38. The van der Waals surface area contributed by atoms with Crippen LogP contribution in [0, 0.1) is 5.82 Å². The fourth-order valence-corrected chi connectivity index (χ4v) is 3.85. The number of nitrogens with one attached hydrogen (secondary N) is 1. The summed E-state index contributed by atoms with van der Waals surface area (Å²) in [6.45, 7) is 0. The molecular formula is C22H19FN5O4P. The maximum atomic E-state index is 13.5. The number of hydrogen-bond donors (Lipinski definition) is 2. The van der Waals surface area contributed by atoms with Gasteiger partial charge in [-0.2, -0.15) is 10.1 Å². The highest BCUT2D eigenvalue weighted by Gasteiger charge is 2.22. The first-order valence-electron chi connectivity index (χ1n) is 9.77. The number of hydrogen-bond acceptors (Lipinski definition) is 7. The van der Waals surface area contributed by atoms with Gasteiger partial charge >= 0.3 is 0 Å². The number of aromatic hydroxyl groups is 1. The largest absolute Gasteiger partial charge is 0.493 e. The molecule has 11 heteroatoms. The lowest BCUT2D eigenvalue weighted by molar-refractivity contribution is 0.0939. The van der Waals surface area contributed by atoms with E-state index in [0.29, 0.717) is 16.4 Å². The van der Waals surface area contributed by atoms with Gasteiger partial charge in [0.1, 0.15) is 11.4 Å². The molecule has 4 aromatic rings. The second kappa shape index (κ2) is 9.72. The van der Waals surface area contributed by atoms with Gasteiger partial charge in [-0.15, -0.1) is 0 Å². The standard InChI is InChI=1S/C22H19FN5O4P/c1-32-33(31)17-9-5-15(6-10-17)19(14-3-7-16(23)8-4-14)26-20(29)18-13-24-22(27-21(18)30)28-12-2-11-25-28/h2-13,19,33H,1H3,(H,26,29)(H,24,27,30). The van der Waals surface area contributed by atoms with Gasteiger partial charge in [0.2, 0.25) is 13.9 Å². The molecule has 2 atom stereocenters. The van der Waals surface area contributed by atoms with Gasteiger partial charge in [0.15, 0.2) is 0 Å². The molecule has 2 aromatic carbocycles. The number of benzene rings is 2. The van der Waals surface area contributed by atoms with Crippen molar-refractivity contribution in [1.29, 1.82) is 0 Å². The molecule has 2 heterocycles. The summed E-state index contributed by atoms with van der Waals surface area (Å²) >= 11 is 0. The molecule has 33 heavy (non-hydrogen) atoms. The zero-order chi connectivity index (χ0) is 23.4. The predicted molar refractivity (Wildman–Crippen MR) is 119 cm³/mol. The molecule has 0 spiro atoms. The van der Waals surface area contributed by atoms with E-state index in [2.05, 4.69) is 20.4 Å². The predicted octanol–water partition coefficient (Wildman–Crippen LogP) is 2.77. The monoisotopic (exact) mass is 467 g/mol. The third-order valence-electron chi connectivity index (χ3n) is 4.85. The Morgan fingerprint density at radius 2 is 1.82 bits per heavy atom. The van der Waals surface area contributed by atoms with Gasteiger partial charge in [0.25, 0.3) is 11.9 Å². The number of rotatable bonds is 7. The van der Waals surface area contributed by atoms with E-state index in [4.69, 9.17) is 4.52 Å². The maximum absolute atomic E-state index is 13.5. The molecule has 0 saturated carbocycles. The Morgan fingerprint density at radius 1 is 1.15 bits per heavy atom. The fraction of sp³-hybridized carbons (Fsp3) is 0.0909. The zero-order valence-corrected chi connectivity index (χ0v) is 18.3. The van der Waals surface area contributed by atoms with Gasteiger partial charge in [-0.05, 0) is 41.5 Å². The van der Waals surface area contributed by atoms with Crippen LogP contribution in [0.2, 0.25) is 0 Å². The van der Waals surface area contributed by atoms with Crippen molar-refractivity contribution in [2.24, 2.45) is 0 Å². The Labute approximate surface area is 188 Å². The van der Waals surface area contributed by atoms with E-state index in [1.54, 1.807) is 48.7 Å². The third kappa shape index (κ3) is 4.97. The summed E-state index contributed by atoms with van der Waals surface area (Å²) in [4.78, 5) is 21.0. The zero-order valence-electron chi connectivity index (χ0n) is 17.3. The van der Waals surface area contributed by atoms with E-state index < -0.39 is 31.7 Å². The van der Waals surface area contributed by atoms with Crippen LogP contribution in [-0.2, 0) is 9.09 Å². The summed E-state index contributed by atoms with van der Waals surface area (Å²) in [7, 11) is -0.991. The first-order chi connectivity index (χ1) is 16.0. The number of carbonyl (C=O) groups excluding carboxylic acids is 1. The van der Waals surface area contributed by atoms with Gasteiger partial charge in [-0.3, -0.25) is 9.36 Å². The first-order valence-corrected chi connectivity index (χ1v) is 11.1. The number of carbonyl (C=O) groups is 1. The second-order valence-corrected chi connectivity index (χ2v) is 8.49. The van der Waals surface area contributed by atoms with Crippen LogP contribution in [0.5, 0.6) is 5.88 Å². The summed E-state index contributed by atoms with van der Waals surface area (Å²) in [5.41, 5.74) is 1.11. The number of amides is 1. The van der Waals surface area contributed by atoms with E-state index in [1.807, 2.05) is 0 Å². The maximum Gasteiger partial charge on any atom is 0.259 e.